The van der Waals surface area contributed by atoms with Crippen molar-refractivity contribution in [2.45, 2.75) is 13.0 Å². The maximum absolute atomic E-state index is 13.9. The van der Waals surface area contributed by atoms with E-state index in [0.29, 0.717) is 29.4 Å². The zero-order valence-corrected chi connectivity index (χ0v) is 16.6. The maximum Gasteiger partial charge on any atom is 0.264 e. The molecule has 6 nitrogen and oxygen atoms in total. The Balaban J connectivity index is 2.06. The van der Waals surface area contributed by atoms with Crippen LogP contribution in [0.3, 0.4) is 0 Å². The molecule has 1 aliphatic rings. The van der Waals surface area contributed by atoms with E-state index in [4.69, 9.17) is 15.2 Å². The Labute approximate surface area is 166 Å². The highest BCUT2D eigenvalue weighted by atomic mass is 32.2. The molecule has 148 valence electrons. The van der Waals surface area contributed by atoms with Crippen LogP contribution >= 0.6 is 11.8 Å². The number of ether oxygens (including phenoxy) is 2. The number of thioether (sulfide) groups is 1. The summed E-state index contributed by atoms with van der Waals surface area (Å²) in [6.07, 6.45) is 1.88. The van der Waals surface area contributed by atoms with Gasteiger partial charge in [0.2, 0.25) is 0 Å². The standard InChI is InChI=1S/C20H21FN2O4S/c1-4-27-16-9-11(5-8-15(16)26-2)14(10-28-3)23-19(24)12-6-7-13(21)18(22)17(12)20(23)25/h5-9,14H,4,10,22H2,1-3H3/t14-/m1/s1. The van der Waals surface area contributed by atoms with Gasteiger partial charge in [0.1, 0.15) is 5.82 Å². The van der Waals surface area contributed by atoms with Crippen LogP contribution in [-0.4, -0.2) is 42.4 Å². The first-order valence-electron chi connectivity index (χ1n) is 8.70. The molecule has 28 heavy (non-hydrogen) atoms. The van der Waals surface area contributed by atoms with Crippen LogP contribution in [0.15, 0.2) is 30.3 Å². The molecule has 0 fully saturated rings. The van der Waals surface area contributed by atoms with Crippen molar-refractivity contribution in [2.24, 2.45) is 0 Å². The lowest BCUT2D eigenvalue weighted by atomic mass is 10.1. The van der Waals surface area contributed by atoms with Gasteiger partial charge in [0, 0.05) is 5.75 Å². The molecular weight excluding hydrogens is 383 g/mol. The van der Waals surface area contributed by atoms with Crippen LogP contribution in [0, 0.1) is 5.82 Å². The molecule has 0 aromatic heterocycles. The summed E-state index contributed by atoms with van der Waals surface area (Å²) in [5.74, 6) is -0.250. The molecule has 0 unspecified atom stereocenters. The van der Waals surface area contributed by atoms with Crippen LogP contribution in [0.5, 0.6) is 11.5 Å². The molecule has 0 radical (unpaired) electrons. The quantitative estimate of drug-likeness (QED) is 0.562. The summed E-state index contributed by atoms with van der Waals surface area (Å²) in [5, 5.41) is 0. The highest BCUT2D eigenvalue weighted by Gasteiger charge is 2.42. The highest BCUT2D eigenvalue weighted by molar-refractivity contribution is 7.98. The number of halogens is 1. The second-order valence-corrected chi connectivity index (χ2v) is 7.09. The Hall–Kier alpha value is -2.74. The molecule has 0 aliphatic carbocycles. The maximum atomic E-state index is 13.9. The highest BCUT2D eigenvalue weighted by Crippen LogP contribution is 2.38. The number of imide groups is 1. The van der Waals surface area contributed by atoms with E-state index in [1.807, 2.05) is 13.2 Å². The number of carbonyl (C=O) groups is 2. The number of nitrogens with two attached hydrogens (primary N) is 1. The number of nitrogens with zero attached hydrogens (tertiary/aromatic N) is 1. The lowest BCUT2D eigenvalue weighted by Crippen LogP contribution is -2.35. The molecule has 1 atom stereocenters. The van der Waals surface area contributed by atoms with Crippen LogP contribution in [0.4, 0.5) is 10.1 Å². The summed E-state index contributed by atoms with van der Waals surface area (Å²) in [7, 11) is 1.54. The monoisotopic (exact) mass is 404 g/mol. The largest absolute Gasteiger partial charge is 0.493 e. The summed E-state index contributed by atoms with van der Waals surface area (Å²) >= 11 is 1.49. The van der Waals surface area contributed by atoms with Crippen molar-refractivity contribution in [1.29, 1.82) is 0 Å². The molecule has 2 aromatic rings. The normalized spacial score (nSPS) is 14.2. The van der Waals surface area contributed by atoms with Gasteiger partial charge in [0.25, 0.3) is 11.8 Å². The molecule has 1 heterocycles. The number of fused-ring (bicyclic) bond motifs is 1. The fraction of sp³-hybridized carbons (Fsp3) is 0.300. The van der Waals surface area contributed by atoms with Gasteiger partial charge < -0.3 is 15.2 Å². The third kappa shape index (κ3) is 3.28. The molecule has 2 aromatic carbocycles. The van der Waals surface area contributed by atoms with Crippen LogP contribution in [0.2, 0.25) is 0 Å². The van der Waals surface area contributed by atoms with Crippen LogP contribution < -0.4 is 15.2 Å². The smallest absolute Gasteiger partial charge is 0.264 e. The van der Waals surface area contributed by atoms with E-state index in [2.05, 4.69) is 0 Å². The third-order valence-corrected chi connectivity index (χ3v) is 5.23. The number of methoxy groups -OCH3 is 1. The van der Waals surface area contributed by atoms with Gasteiger partial charge in [-0.1, -0.05) is 6.07 Å². The topological polar surface area (TPSA) is 81.9 Å². The molecule has 0 spiro atoms. The Morgan fingerprint density at radius 1 is 1.18 bits per heavy atom. The predicted octanol–water partition coefficient (Wildman–Crippen LogP) is 3.52. The Kier molecular flexibility index (Phi) is 5.79. The van der Waals surface area contributed by atoms with Gasteiger partial charge in [0.05, 0.1) is 36.6 Å². The fourth-order valence-electron chi connectivity index (χ4n) is 3.27. The number of nitrogen functional groups attached to an aromatic ring is 1. The number of amides is 2. The van der Waals surface area contributed by atoms with Gasteiger partial charge >= 0.3 is 0 Å². The zero-order valence-electron chi connectivity index (χ0n) is 15.8. The van der Waals surface area contributed by atoms with Crippen molar-refractivity contribution in [1.82, 2.24) is 4.90 Å². The zero-order chi connectivity index (χ0) is 20.4. The molecule has 8 heteroatoms. The molecule has 0 saturated heterocycles. The van der Waals surface area contributed by atoms with Crippen molar-refractivity contribution in [3.63, 3.8) is 0 Å². The SMILES string of the molecule is CCOc1cc([C@@H](CSC)N2C(=O)c3ccc(F)c(N)c3C2=O)ccc1OC. The number of benzene rings is 2. The van der Waals surface area contributed by atoms with E-state index in [1.54, 1.807) is 25.3 Å². The van der Waals surface area contributed by atoms with Gasteiger partial charge in [-0.15, -0.1) is 0 Å². The van der Waals surface area contributed by atoms with Gasteiger partial charge in [-0.05, 0) is 43.0 Å². The molecule has 3 rings (SSSR count). The van der Waals surface area contributed by atoms with E-state index in [-0.39, 0.29) is 16.8 Å². The summed E-state index contributed by atoms with van der Waals surface area (Å²) in [6.45, 7) is 2.29. The van der Waals surface area contributed by atoms with Crippen LogP contribution in [-0.2, 0) is 0 Å². The minimum absolute atomic E-state index is 0.0744. The van der Waals surface area contributed by atoms with E-state index in [9.17, 15) is 14.0 Å². The van der Waals surface area contributed by atoms with Crippen molar-refractivity contribution in [3.8, 4) is 11.5 Å². The van der Waals surface area contributed by atoms with Crippen molar-refractivity contribution in [2.75, 3.05) is 31.5 Å². The van der Waals surface area contributed by atoms with Crippen LogP contribution in [0.25, 0.3) is 0 Å². The molecule has 2 N–H and O–H groups in total. The summed E-state index contributed by atoms with van der Waals surface area (Å²) in [5.41, 5.74) is 6.21. The van der Waals surface area contributed by atoms with Gasteiger partial charge in [-0.3, -0.25) is 14.5 Å². The summed E-state index contributed by atoms with van der Waals surface area (Å²) in [4.78, 5) is 27.1. The number of hydrogen-bond acceptors (Lipinski definition) is 6. The van der Waals surface area contributed by atoms with Gasteiger partial charge in [0.15, 0.2) is 11.5 Å². The molecule has 2 amide bonds. The molecule has 0 bridgehead atoms. The van der Waals surface area contributed by atoms with E-state index < -0.39 is 23.7 Å². The molecule has 1 aliphatic heterocycles. The lowest BCUT2D eigenvalue weighted by Gasteiger charge is -2.26. The number of rotatable bonds is 7. The number of carbonyl (C=O) groups excluding carboxylic acids is 2. The second kappa shape index (κ2) is 8.10. The van der Waals surface area contributed by atoms with Crippen molar-refractivity contribution in [3.05, 3.63) is 52.8 Å². The minimum Gasteiger partial charge on any atom is -0.493 e. The minimum atomic E-state index is -0.716. The predicted molar refractivity (Wildman–Crippen MR) is 107 cm³/mol. The third-order valence-electron chi connectivity index (χ3n) is 4.58. The van der Waals surface area contributed by atoms with E-state index in [1.165, 1.54) is 17.8 Å². The Bertz CT molecular complexity index is 935. The first kappa shape index (κ1) is 20.0. The lowest BCUT2D eigenvalue weighted by molar-refractivity contribution is 0.0598. The Morgan fingerprint density at radius 3 is 2.57 bits per heavy atom. The van der Waals surface area contributed by atoms with E-state index >= 15 is 0 Å². The molecular formula is C20H21FN2O4S. The molecule has 0 saturated carbocycles. The van der Waals surface area contributed by atoms with E-state index in [0.717, 1.165) is 11.0 Å². The van der Waals surface area contributed by atoms with Gasteiger partial charge in [-0.2, -0.15) is 11.8 Å². The van der Waals surface area contributed by atoms with Gasteiger partial charge in [-0.25, -0.2) is 4.39 Å². The average Bonchev–Trinajstić information content (AvgIpc) is 2.94. The first-order valence-corrected chi connectivity index (χ1v) is 10.1. The average molecular weight is 404 g/mol. The number of anilines is 1. The second-order valence-electron chi connectivity index (χ2n) is 6.18. The van der Waals surface area contributed by atoms with Crippen molar-refractivity contribution < 1.29 is 23.5 Å². The fourth-order valence-corrected chi connectivity index (χ4v) is 3.93. The first-order chi connectivity index (χ1) is 13.4. The summed E-state index contributed by atoms with van der Waals surface area (Å²) in [6, 6.07) is 7.13. The number of hydrogen-bond donors (Lipinski definition) is 1. The Morgan fingerprint density at radius 2 is 1.93 bits per heavy atom. The van der Waals surface area contributed by atoms with Crippen molar-refractivity contribution >= 4 is 29.3 Å². The van der Waals surface area contributed by atoms with Crippen LogP contribution in [0.1, 0.15) is 39.2 Å². The summed E-state index contributed by atoms with van der Waals surface area (Å²) < 4.78 is 24.8.